The van der Waals surface area contributed by atoms with Crippen molar-refractivity contribution >= 4 is 21.9 Å². The molecule has 0 amide bonds. The quantitative estimate of drug-likeness (QED) is 0.682. The lowest BCUT2D eigenvalue weighted by Crippen LogP contribution is -2.22. The van der Waals surface area contributed by atoms with Crippen LogP contribution in [0.5, 0.6) is 0 Å². The molecular formula is C18H19NO2. The zero-order valence-electron chi connectivity index (χ0n) is 12.4. The highest BCUT2D eigenvalue weighted by Gasteiger charge is 2.12. The predicted octanol–water partition coefficient (Wildman–Crippen LogP) is 3.79. The van der Waals surface area contributed by atoms with Crippen molar-refractivity contribution in [3.05, 3.63) is 58.3 Å². The van der Waals surface area contributed by atoms with E-state index in [1.165, 1.54) is 0 Å². The second-order valence-electron chi connectivity index (χ2n) is 5.18. The molecule has 0 unspecified atom stereocenters. The smallest absolute Gasteiger partial charge is 0.200 e. The highest BCUT2D eigenvalue weighted by molar-refractivity contribution is 5.90. The molecule has 0 fully saturated rings. The molecule has 1 heterocycles. The molecule has 3 nitrogen and oxygen atoms in total. The Morgan fingerprint density at radius 2 is 1.67 bits per heavy atom. The molecule has 3 heteroatoms. The normalized spacial score (nSPS) is 11.6. The number of benzene rings is 2. The van der Waals surface area contributed by atoms with Crippen molar-refractivity contribution in [1.29, 1.82) is 0 Å². The van der Waals surface area contributed by atoms with E-state index in [0.29, 0.717) is 21.9 Å². The van der Waals surface area contributed by atoms with Gasteiger partial charge in [-0.15, -0.1) is 0 Å². The minimum Gasteiger partial charge on any atom is -0.455 e. The van der Waals surface area contributed by atoms with Gasteiger partial charge in [0.2, 0.25) is 5.43 Å². The monoisotopic (exact) mass is 281 g/mol. The van der Waals surface area contributed by atoms with Gasteiger partial charge in [-0.05, 0) is 31.3 Å². The fourth-order valence-corrected chi connectivity index (χ4v) is 2.70. The molecule has 0 aliphatic rings. The number of hydrogen-bond donors (Lipinski definition) is 0. The summed E-state index contributed by atoms with van der Waals surface area (Å²) in [5, 5.41) is 1.31. The van der Waals surface area contributed by atoms with Crippen LogP contribution in [-0.2, 0) is 6.54 Å². The van der Waals surface area contributed by atoms with Gasteiger partial charge in [-0.1, -0.05) is 38.1 Å². The molecule has 3 rings (SSSR count). The lowest BCUT2D eigenvalue weighted by molar-refractivity contribution is 0.296. The van der Waals surface area contributed by atoms with Crippen LogP contribution >= 0.6 is 0 Å². The highest BCUT2D eigenvalue weighted by Crippen LogP contribution is 2.22. The maximum absolute atomic E-state index is 12.6. The van der Waals surface area contributed by atoms with E-state index in [1.54, 1.807) is 0 Å². The van der Waals surface area contributed by atoms with Crippen molar-refractivity contribution in [3.63, 3.8) is 0 Å². The Morgan fingerprint density at radius 3 is 2.43 bits per heavy atom. The first-order chi connectivity index (χ1) is 10.2. The summed E-state index contributed by atoms with van der Waals surface area (Å²) in [5.41, 5.74) is 2.49. The first-order valence-corrected chi connectivity index (χ1v) is 7.40. The lowest BCUT2D eigenvalue weighted by atomic mass is 10.1. The van der Waals surface area contributed by atoms with Gasteiger partial charge in [0, 0.05) is 12.1 Å². The molecule has 21 heavy (non-hydrogen) atoms. The molecule has 0 N–H and O–H groups in total. The molecule has 3 aromatic rings. The molecule has 0 spiro atoms. The van der Waals surface area contributed by atoms with Crippen LogP contribution < -0.4 is 5.43 Å². The molecule has 0 atom stereocenters. The van der Waals surface area contributed by atoms with E-state index in [-0.39, 0.29) is 5.43 Å². The van der Waals surface area contributed by atoms with Crippen molar-refractivity contribution < 1.29 is 4.42 Å². The summed E-state index contributed by atoms with van der Waals surface area (Å²) in [6, 6.07) is 13.3. The third-order valence-corrected chi connectivity index (χ3v) is 3.97. The Bertz CT molecular complexity index is 831. The summed E-state index contributed by atoms with van der Waals surface area (Å²) >= 11 is 0. The standard InChI is InChI=1S/C18H19NO2/c1-3-19(4-2)12-13-8-7-10-15-17(20)14-9-5-6-11-16(14)21-18(13)15/h5-11H,3-4,12H2,1-2H3. The maximum atomic E-state index is 12.6. The van der Waals surface area contributed by atoms with E-state index < -0.39 is 0 Å². The molecule has 0 saturated heterocycles. The van der Waals surface area contributed by atoms with Crippen molar-refractivity contribution in [2.45, 2.75) is 20.4 Å². The van der Waals surface area contributed by atoms with Gasteiger partial charge < -0.3 is 4.42 Å². The van der Waals surface area contributed by atoms with Crippen molar-refractivity contribution in [2.75, 3.05) is 13.1 Å². The first kappa shape index (κ1) is 13.8. The van der Waals surface area contributed by atoms with E-state index >= 15 is 0 Å². The molecule has 0 saturated carbocycles. The summed E-state index contributed by atoms with van der Waals surface area (Å²) in [6.07, 6.45) is 0. The van der Waals surface area contributed by atoms with E-state index in [0.717, 1.165) is 25.2 Å². The zero-order valence-corrected chi connectivity index (χ0v) is 12.4. The van der Waals surface area contributed by atoms with E-state index in [2.05, 4.69) is 18.7 Å². The predicted molar refractivity (Wildman–Crippen MR) is 86.6 cm³/mol. The van der Waals surface area contributed by atoms with Crippen molar-refractivity contribution in [1.82, 2.24) is 4.90 Å². The van der Waals surface area contributed by atoms with Crippen LogP contribution in [0.15, 0.2) is 51.7 Å². The second-order valence-corrected chi connectivity index (χ2v) is 5.18. The topological polar surface area (TPSA) is 33.5 Å². The van der Waals surface area contributed by atoms with Crippen LogP contribution in [0.25, 0.3) is 21.9 Å². The highest BCUT2D eigenvalue weighted by atomic mass is 16.3. The van der Waals surface area contributed by atoms with Gasteiger partial charge in [-0.2, -0.15) is 0 Å². The van der Waals surface area contributed by atoms with Crippen LogP contribution in [-0.4, -0.2) is 18.0 Å². The molecule has 0 bridgehead atoms. The van der Waals surface area contributed by atoms with E-state index in [1.807, 2.05) is 42.5 Å². The van der Waals surface area contributed by atoms with Crippen molar-refractivity contribution in [3.8, 4) is 0 Å². The summed E-state index contributed by atoms with van der Waals surface area (Å²) < 4.78 is 6.02. The van der Waals surface area contributed by atoms with Crippen LogP contribution in [0.3, 0.4) is 0 Å². The first-order valence-electron chi connectivity index (χ1n) is 7.40. The Labute approximate surface area is 123 Å². The largest absolute Gasteiger partial charge is 0.455 e. The number of rotatable bonds is 4. The molecular weight excluding hydrogens is 262 g/mol. The Kier molecular flexibility index (Phi) is 3.76. The van der Waals surface area contributed by atoms with Crippen molar-refractivity contribution in [2.24, 2.45) is 0 Å². The summed E-state index contributed by atoms with van der Waals surface area (Å²) in [4.78, 5) is 14.9. The van der Waals surface area contributed by atoms with Gasteiger partial charge in [0.25, 0.3) is 0 Å². The average molecular weight is 281 g/mol. The Hall–Kier alpha value is -2.13. The van der Waals surface area contributed by atoms with Crippen LogP contribution in [0, 0.1) is 0 Å². The van der Waals surface area contributed by atoms with Crippen LogP contribution in [0.1, 0.15) is 19.4 Å². The van der Waals surface area contributed by atoms with Gasteiger partial charge in [0.05, 0.1) is 10.8 Å². The average Bonchev–Trinajstić information content (AvgIpc) is 2.53. The third-order valence-electron chi connectivity index (χ3n) is 3.97. The Balaban J connectivity index is 2.25. The number of hydrogen-bond acceptors (Lipinski definition) is 3. The minimum atomic E-state index is 0.0493. The molecule has 108 valence electrons. The SMILES string of the molecule is CCN(CC)Cc1cccc2c(=O)c3ccccc3oc12. The number of fused-ring (bicyclic) bond motifs is 2. The van der Waals surface area contributed by atoms with Gasteiger partial charge in [0.15, 0.2) is 0 Å². The fraction of sp³-hybridized carbons (Fsp3) is 0.278. The van der Waals surface area contributed by atoms with Gasteiger partial charge in [-0.3, -0.25) is 9.69 Å². The maximum Gasteiger partial charge on any atom is 0.200 e. The van der Waals surface area contributed by atoms with Gasteiger partial charge in [0.1, 0.15) is 11.2 Å². The van der Waals surface area contributed by atoms with Gasteiger partial charge in [-0.25, -0.2) is 0 Å². The summed E-state index contributed by atoms with van der Waals surface area (Å²) in [7, 11) is 0. The lowest BCUT2D eigenvalue weighted by Gasteiger charge is -2.18. The van der Waals surface area contributed by atoms with Gasteiger partial charge >= 0.3 is 0 Å². The molecule has 2 aromatic carbocycles. The summed E-state index contributed by atoms with van der Waals surface area (Å²) in [5.74, 6) is 0. The fourth-order valence-electron chi connectivity index (χ4n) is 2.70. The Morgan fingerprint density at radius 1 is 0.952 bits per heavy atom. The van der Waals surface area contributed by atoms with E-state index in [4.69, 9.17) is 4.42 Å². The number of para-hydroxylation sites is 2. The molecule has 1 aromatic heterocycles. The molecule has 0 aliphatic heterocycles. The third kappa shape index (κ3) is 2.45. The van der Waals surface area contributed by atoms with Crippen LogP contribution in [0.2, 0.25) is 0 Å². The minimum absolute atomic E-state index is 0.0493. The van der Waals surface area contributed by atoms with Crippen LogP contribution in [0.4, 0.5) is 0 Å². The zero-order chi connectivity index (χ0) is 14.8. The molecule has 0 aliphatic carbocycles. The second kappa shape index (κ2) is 5.70. The summed E-state index contributed by atoms with van der Waals surface area (Å²) in [6.45, 7) is 7.03. The number of nitrogens with zero attached hydrogens (tertiary/aromatic N) is 1. The molecule has 0 radical (unpaired) electrons. The van der Waals surface area contributed by atoms with E-state index in [9.17, 15) is 4.79 Å².